The van der Waals surface area contributed by atoms with Crippen LogP contribution < -0.4 is 14.8 Å². The van der Waals surface area contributed by atoms with Crippen LogP contribution in [0.5, 0.6) is 11.5 Å². The molecule has 1 amide bonds. The van der Waals surface area contributed by atoms with E-state index in [9.17, 15) is 19.1 Å². The highest BCUT2D eigenvalue weighted by molar-refractivity contribution is 6.42. The van der Waals surface area contributed by atoms with Crippen LogP contribution in [-0.4, -0.2) is 70.4 Å². The van der Waals surface area contributed by atoms with Crippen molar-refractivity contribution in [3.05, 3.63) is 77.2 Å². The molecule has 0 radical (unpaired) electrons. The van der Waals surface area contributed by atoms with Gasteiger partial charge in [-0.05, 0) is 81.6 Å². The van der Waals surface area contributed by atoms with Crippen molar-refractivity contribution >= 4 is 22.6 Å². The van der Waals surface area contributed by atoms with Gasteiger partial charge in [-0.25, -0.2) is 4.39 Å². The molecule has 2 aliphatic rings. The first-order valence-electron chi connectivity index (χ1n) is 15.1. The number of halogens is 1. The normalized spacial score (nSPS) is 16.3. The van der Waals surface area contributed by atoms with Gasteiger partial charge in [-0.15, -0.1) is 0 Å². The minimum atomic E-state index is -1.28. The van der Waals surface area contributed by atoms with Gasteiger partial charge in [0, 0.05) is 29.2 Å². The van der Waals surface area contributed by atoms with Gasteiger partial charge >= 0.3 is 0 Å². The predicted octanol–water partition coefficient (Wildman–Crippen LogP) is 5.00. The van der Waals surface area contributed by atoms with E-state index in [1.807, 2.05) is 28.9 Å². The van der Waals surface area contributed by atoms with Crippen molar-refractivity contribution < 1.29 is 28.6 Å². The second-order valence-electron chi connectivity index (χ2n) is 11.8. The van der Waals surface area contributed by atoms with Crippen LogP contribution in [0, 0.1) is 12.7 Å². The largest absolute Gasteiger partial charge is 0.486 e. The van der Waals surface area contributed by atoms with Crippen LogP contribution in [-0.2, 0) is 4.79 Å². The summed E-state index contributed by atoms with van der Waals surface area (Å²) in [5.74, 6) is -2.00. The maximum atomic E-state index is 14.8. The maximum absolute atomic E-state index is 14.8. The molecule has 10 heteroatoms. The Morgan fingerprint density at radius 2 is 1.70 bits per heavy atom. The lowest BCUT2D eigenvalue weighted by Crippen LogP contribution is -2.48. The van der Waals surface area contributed by atoms with E-state index >= 15 is 0 Å². The third kappa shape index (κ3) is 5.92. The van der Waals surface area contributed by atoms with E-state index in [4.69, 9.17) is 14.6 Å². The van der Waals surface area contributed by atoms with E-state index < -0.39 is 29.7 Å². The second-order valence-corrected chi connectivity index (χ2v) is 11.8. The molecule has 0 aliphatic carbocycles. The number of carbonyl (C=O) groups excluding carboxylic acids is 2. The fraction of sp³-hybridized carbons (Fsp3) is 0.382. The van der Waals surface area contributed by atoms with Crippen molar-refractivity contribution in [1.29, 1.82) is 0 Å². The quantitative estimate of drug-likeness (QED) is 0.206. The fourth-order valence-corrected chi connectivity index (χ4v) is 6.10. The highest BCUT2D eigenvalue weighted by Gasteiger charge is 2.31. The number of aliphatic hydroxyl groups excluding tert-OH is 1. The third-order valence-corrected chi connectivity index (χ3v) is 8.43. The van der Waals surface area contributed by atoms with Gasteiger partial charge in [0.2, 0.25) is 5.78 Å². The molecule has 6 rings (SSSR count). The zero-order chi connectivity index (χ0) is 31.0. The molecule has 2 aliphatic heterocycles. The Balaban J connectivity index is 1.19. The Kier molecular flexibility index (Phi) is 8.38. The number of ether oxygens (including phenoxy) is 2. The van der Waals surface area contributed by atoms with E-state index in [1.54, 1.807) is 12.1 Å². The maximum Gasteiger partial charge on any atom is 0.292 e. The molecule has 0 unspecified atom stereocenters. The van der Waals surface area contributed by atoms with E-state index in [-0.39, 0.29) is 41.9 Å². The summed E-state index contributed by atoms with van der Waals surface area (Å²) in [5, 5.41) is 19.9. The summed E-state index contributed by atoms with van der Waals surface area (Å²) < 4.78 is 27.7. The van der Waals surface area contributed by atoms with Crippen LogP contribution >= 0.6 is 0 Å². The van der Waals surface area contributed by atoms with Gasteiger partial charge in [0.15, 0.2) is 17.3 Å². The van der Waals surface area contributed by atoms with Crippen LogP contribution in [0.25, 0.3) is 22.0 Å². The molecular weight excluding hydrogens is 563 g/mol. The van der Waals surface area contributed by atoms with Crippen LogP contribution in [0.1, 0.15) is 60.5 Å². The number of Topliss-reactive ketones (excluding diaryl/α,β-unsaturated/α-hetero) is 1. The molecule has 230 valence electrons. The summed E-state index contributed by atoms with van der Waals surface area (Å²) in [6.45, 7) is 8.69. The smallest absolute Gasteiger partial charge is 0.292 e. The number of benzene rings is 3. The number of hydrogen-bond acceptors (Lipinski definition) is 7. The zero-order valence-electron chi connectivity index (χ0n) is 25.2. The standard InChI is InChI=1S/C34H37FN4O5/c1-20(2)39-21(3)26-11-10-24(17-28(26)37-39)22-6-8-23(9-7-22)32(41)34(42)36-29(19-38-12-4-5-13-38)31(40)25-16-27(35)33-30(18-25)43-14-15-44-33/h6-11,16-18,20,29,31,40H,4-5,12-15,19H2,1-3H3,(H,36,42)/t29-,31-/m1/s1. The lowest BCUT2D eigenvalue weighted by molar-refractivity contribution is -0.118. The van der Waals surface area contributed by atoms with Gasteiger partial charge in [-0.2, -0.15) is 5.10 Å². The molecule has 3 aromatic carbocycles. The number of amides is 1. The number of carbonyl (C=O) groups is 2. The van der Waals surface area contributed by atoms with E-state index in [0.29, 0.717) is 6.54 Å². The van der Waals surface area contributed by atoms with E-state index in [1.165, 1.54) is 12.1 Å². The lowest BCUT2D eigenvalue weighted by atomic mass is 9.99. The second kappa shape index (κ2) is 12.4. The number of ketones is 1. The molecule has 4 aromatic rings. The molecule has 0 spiro atoms. The fourth-order valence-electron chi connectivity index (χ4n) is 6.10. The molecule has 1 saturated heterocycles. The first-order valence-corrected chi connectivity index (χ1v) is 15.1. The van der Waals surface area contributed by atoms with Gasteiger partial charge in [0.05, 0.1) is 11.6 Å². The summed E-state index contributed by atoms with van der Waals surface area (Å²) in [7, 11) is 0. The molecule has 2 N–H and O–H groups in total. The number of hydrogen-bond donors (Lipinski definition) is 2. The van der Waals surface area contributed by atoms with Crippen molar-refractivity contribution in [2.75, 3.05) is 32.8 Å². The number of rotatable bonds is 9. The first-order chi connectivity index (χ1) is 21.2. The Bertz CT molecular complexity index is 1690. The summed E-state index contributed by atoms with van der Waals surface area (Å²) in [5.41, 5.74) is 4.32. The van der Waals surface area contributed by atoms with Crippen molar-refractivity contribution in [2.45, 2.75) is 51.8 Å². The van der Waals surface area contributed by atoms with E-state index in [2.05, 4.69) is 37.1 Å². The van der Waals surface area contributed by atoms with Crippen LogP contribution in [0.3, 0.4) is 0 Å². The Morgan fingerprint density at radius 3 is 2.43 bits per heavy atom. The Morgan fingerprint density at radius 1 is 1.00 bits per heavy atom. The van der Waals surface area contributed by atoms with Gasteiger partial charge in [0.1, 0.15) is 19.3 Å². The Labute approximate surface area is 255 Å². The summed E-state index contributed by atoms with van der Waals surface area (Å²) in [4.78, 5) is 28.6. The number of aryl methyl sites for hydroxylation is 1. The number of nitrogens with zero attached hydrogens (tertiary/aromatic N) is 3. The SMILES string of the molecule is Cc1c2ccc(-c3ccc(C(=O)C(=O)N[C@H](CN4CCCC4)[C@H](O)c4cc(F)c5c(c4)OCCO5)cc3)cc2nn1C(C)C. The number of aliphatic hydroxyl groups is 1. The van der Waals surface area contributed by atoms with Crippen molar-refractivity contribution in [1.82, 2.24) is 20.0 Å². The van der Waals surface area contributed by atoms with Crippen LogP contribution in [0.15, 0.2) is 54.6 Å². The summed E-state index contributed by atoms with van der Waals surface area (Å²) in [6, 6.07) is 15.1. The van der Waals surface area contributed by atoms with E-state index in [0.717, 1.165) is 53.7 Å². The third-order valence-electron chi connectivity index (χ3n) is 8.43. The Hall–Kier alpha value is -4.28. The molecular formula is C34H37FN4O5. The molecule has 1 aromatic heterocycles. The molecule has 44 heavy (non-hydrogen) atoms. The van der Waals surface area contributed by atoms with Gasteiger partial charge < -0.3 is 24.8 Å². The number of nitrogens with one attached hydrogen (secondary N) is 1. The summed E-state index contributed by atoms with van der Waals surface area (Å²) in [6.07, 6.45) is 0.734. The topological polar surface area (TPSA) is 106 Å². The van der Waals surface area contributed by atoms with Gasteiger partial charge in [0.25, 0.3) is 5.91 Å². The number of aromatic nitrogens is 2. The average Bonchev–Trinajstić information content (AvgIpc) is 3.67. The highest BCUT2D eigenvalue weighted by Crippen LogP contribution is 2.36. The molecule has 0 saturated carbocycles. The van der Waals surface area contributed by atoms with Crippen molar-refractivity contribution in [3.8, 4) is 22.6 Å². The number of likely N-dealkylation sites (tertiary alicyclic amines) is 1. The molecule has 9 nitrogen and oxygen atoms in total. The van der Waals surface area contributed by atoms with Gasteiger partial charge in [-0.3, -0.25) is 14.3 Å². The number of fused-ring (bicyclic) bond motifs is 2. The van der Waals surface area contributed by atoms with Crippen molar-refractivity contribution in [3.63, 3.8) is 0 Å². The van der Waals surface area contributed by atoms with Crippen LogP contribution in [0.4, 0.5) is 4.39 Å². The van der Waals surface area contributed by atoms with Crippen molar-refractivity contribution in [2.24, 2.45) is 0 Å². The van der Waals surface area contributed by atoms with Gasteiger partial charge in [-0.1, -0.05) is 36.4 Å². The first kappa shape index (κ1) is 29.8. The molecule has 3 heterocycles. The lowest BCUT2D eigenvalue weighted by Gasteiger charge is -2.29. The highest BCUT2D eigenvalue weighted by atomic mass is 19.1. The zero-order valence-corrected chi connectivity index (χ0v) is 25.2. The monoisotopic (exact) mass is 600 g/mol. The van der Waals surface area contributed by atoms with Crippen LogP contribution in [0.2, 0.25) is 0 Å². The molecule has 0 bridgehead atoms. The molecule has 1 fully saturated rings. The predicted molar refractivity (Wildman–Crippen MR) is 165 cm³/mol. The minimum Gasteiger partial charge on any atom is -0.486 e. The summed E-state index contributed by atoms with van der Waals surface area (Å²) >= 11 is 0. The molecule has 2 atom stereocenters. The minimum absolute atomic E-state index is 0.00575. The average molecular weight is 601 g/mol.